The minimum absolute atomic E-state index is 0.00163. The van der Waals surface area contributed by atoms with E-state index in [4.69, 9.17) is 4.74 Å². The Labute approximate surface area is 126 Å². The van der Waals surface area contributed by atoms with Gasteiger partial charge in [-0.3, -0.25) is 9.69 Å². The molecule has 3 rings (SSSR count). The zero-order chi connectivity index (χ0) is 14.8. The molecule has 0 spiro atoms. The molecule has 0 aliphatic carbocycles. The number of thiazole rings is 1. The second-order valence-electron chi connectivity index (χ2n) is 5.17. The minimum Gasteiger partial charge on any atom is -0.378 e. The van der Waals surface area contributed by atoms with Gasteiger partial charge < -0.3 is 9.72 Å². The molecule has 2 aromatic heterocycles. The van der Waals surface area contributed by atoms with E-state index in [0.29, 0.717) is 19.0 Å². The van der Waals surface area contributed by atoms with Crippen LogP contribution >= 0.6 is 11.3 Å². The first kappa shape index (κ1) is 14.4. The summed E-state index contributed by atoms with van der Waals surface area (Å²) in [7, 11) is 0. The van der Waals surface area contributed by atoms with Crippen molar-refractivity contribution in [2.45, 2.75) is 26.4 Å². The number of ether oxygens (including phenoxy) is 1. The van der Waals surface area contributed by atoms with E-state index in [0.717, 1.165) is 29.5 Å². The van der Waals surface area contributed by atoms with Crippen molar-refractivity contribution in [1.82, 2.24) is 19.9 Å². The van der Waals surface area contributed by atoms with Crippen LogP contribution in [0, 0.1) is 13.8 Å². The first-order valence-corrected chi connectivity index (χ1v) is 7.80. The summed E-state index contributed by atoms with van der Waals surface area (Å²) < 4.78 is 5.58. The highest BCUT2D eigenvalue weighted by Gasteiger charge is 2.26. The number of nitrogens with one attached hydrogen (secondary N) is 1. The summed E-state index contributed by atoms with van der Waals surface area (Å²) in [4.78, 5) is 25.6. The number of hydrogen-bond donors (Lipinski definition) is 1. The number of nitrogens with zero attached hydrogens (tertiary/aromatic N) is 3. The van der Waals surface area contributed by atoms with Crippen LogP contribution in [0.3, 0.4) is 0 Å². The average Bonchev–Trinajstić information content (AvgIpc) is 2.83. The molecular weight excluding hydrogens is 288 g/mol. The second-order valence-corrected chi connectivity index (χ2v) is 6.24. The predicted molar refractivity (Wildman–Crippen MR) is 80.4 cm³/mol. The van der Waals surface area contributed by atoms with E-state index in [1.165, 1.54) is 0 Å². The van der Waals surface area contributed by atoms with E-state index >= 15 is 0 Å². The molecule has 0 aromatic carbocycles. The molecule has 2 aromatic rings. The lowest BCUT2D eigenvalue weighted by Crippen LogP contribution is -2.40. The van der Waals surface area contributed by atoms with E-state index in [-0.39, 0.29) is 11.6 Å². The van der Waals surface area contributed by atoms with E-state index in [2.05, 4.69) is 25.2 Å². The summed E-state index contributed by atoms with van der Waals surface area (Å²) in [6, 6.07) is 1.56. The van der Waals surface area contributed by atoms with Crippen LogP contribution in [0.1, 0.15) is 28.3 Å². The van der Waals surface area contributed by atoms with Gasteiger partial charge in [-0.05, 0) is 13.8 Å². The van der Waals surface area contributed by atoms with Gasteiger partial charge in [-0.25, -0.2) is 9.97 Å². The number of morpholine rings is 1. The van der Waals surface area contributed by atoms with Gasteiger partial charge >= 0.3 is 0 Å². The van der Waals surface area contributed by atoms with Gasteiger partial charge in [0.2, 0.25) is 0 Å². The van der Waals surface area contributed by atoms with Gasteiger partial charge in [-0.2, -0.15) is 0 Å². The van der Waals surface area contributed by atoms with Gasteiger partial charge in [0.15, 0.2) is 0 Å². The fraction of sp³-hybridized carbons (Fsp3) is 0.500. The van der Waals surface area contributed by atoms with Crippen LogP contribution in [0.2, 0.25) is 0 Å². The maximum atomic E-state index is 11.7. The smallest absolute Gasteiger partial charge is 0.251 e. The number of hydrogen-bond acceptors (Lipinski definition) is 6. The van der Waals surface area contributed by atoms with Crippen LogP contribution in [-0.4, -0.2) is 39.6 Å². The monoisotopic (exact) mass is 306 g/mol. The normalized spacial score (nSPS) is 19.8. The van der Waals surface area contributed by atoms with Crippen molar-refractivity contribution in [1.29, 1.82) is 0 Å². The topological polar surface area (TPSA) is 71.1 Å². The van der Waals surface area contributed by atoms with Gasteiger partial charge in [0.25, 0.3) is 5.56 Å². The zero-order valence-corrected chi connectivity index (χ0v) is 12.9. The van der Waals surface area contributed by atoms with E-state index in [1.807, 2.05) is 6.92 Å². The molecule has 0 amide bonds. The molecule has 7 heteroatoms. The van der Waals surface area contributed by atoms with Gasteiger partial charge in [-0.15, -0.1) is 11.3 Å². The van der Waals surface area contributed by atoms with E-state index < -0.39 is 0 Å². The molecule has 0 radical (unpaired) electrons. The quantitative estimate of drug-likeness (QED) is 0.928. The van der Waals surface area contributed by atoms with Crippen LogP contribution in [-0.2, 0) is 11.3 Å². The van der Waals surface area contributed by atoms with Gasteiger partial charge in [0, 0.05) is 24.5 Å². The van der Waals surface area contributed by atoms with Crippen LogP contribution in [0.25, 0.3) is 0 Å². The van der Waals surface area contributed by atoms with E-state index in [1.54, 1.807) is 24.3 Å². The Balaban J connectivity index is 1.85. The Hall–Kier alpha value is -1.57. The largest absolute Gasteiger partial charge is 0.378 e. The molecule has 1 saturated heterocycles. The number of aryl methyl sites for hydroxylation is 2. The molecule has 6 nitrogen and oxygen atoms in total. The number of H-pyrrole nitrogens is 1. The summed E-state index contributed by atoms with van der Waals surface area (Å²) in [6.45, 7) is 6.62. The zero-order valence-electron chi connectivity index (χ0n) is 12.1. The third-order valence-corrected chi connectivity index (χ3v) is 4.31. The molecule has 112 valence electrons. The third kappa shape index (κ3) is 3.37. The van der Waals surface area contributed by atoms with Crippen molar-refractivity contribution in [2.75, 3.05) is 19.8 Å². The average molecular weight is 306 g/mol. The van der Waals surface area contributed by atoms with Crippen molar-refractivity contribution in [3.63, 3.8) is 0 Å². The van der Waals surface area contributed by atoms with Crippen LogP contribution in [0.4, 0.5) is 0 Å². The molecule has 1 N–H and O–H groups in total. The highest BCUT2D eigenvalue weighted by atomic mass is 32.1. The third-order valence-electron chi connectivity index (χ3n) is 3.49. The molecule has 1 atom stereocenters. The van der Waals surface area contributed by atoms with Gasteiger partial charge in [0.1, 0.15) is 5.82 Å². The van der Waals surface area contributed by atoms with Gasteiger partial charge in [0.05, 0.1) is 35.7 Å². The maximum absolute atomic E-state index is 11.7. The summed E-state index contributed by atoms with van der Waals surface area (Å²) in [5.41, 5.74) is 1.71. The number of aromatic amines is 1. The van der Waals surface area contributed by atoms with Gasteiger partial charge in [-0.1, -0.05) is 0 Å². The molecule has 0 saturated carbocycles. The molecule has 1 aliphatic heterocycles. The Morgan fingerprint density at radius 1 is 1.48 bits per heavy atom. The van der Waals surface area contributed by atoms with Crippen molar-refractivity contribution in [2.24, 2.45) is 0 Å². The SMILES string of the molecule is Cc1nc(C2COCCN2Cc2csc(C)n2)cc(=O)[nH]1. The molecular formula is C14H18N4O2S. The Kier molecular flexibility index (Phi) is 4.14. The highest BCUT2D eigenvalue weighted by Crippen LogP contribution is 2.24. The molecule has 1 unspecified atom stereocenters. The fourth-order valence-corrected chi connectivity index (χ4v) is 3.17. The Morgan fingerprint density at radius 3 is 3.05 bits per heavy atom. The first-order chi connectivity index (χ1) is 10.1. The first-order valence-electron chi connectivity index (χ1n) is 6.92. The summed E-state index contributed by atoms with van der Waals surface area (Å²) in [5, 5.41) is 3.15. The van der Waals surface area contributed by atoms with Crippen LogP contribution < -0.4 is 5.56 Å². The number of aromatic nitrogens is 3. The molecule has 3 heterocycles. The predicted octanol–water partition coefficient (Wildman–Crippen LogP) is 1.42. The lowest BCUT2D eigenvalue weighted by atomic mass is 10.1. The lowest BCUT2D eigenvalue weighted by Gasteiger charge is -2.34. The standard InChI is InChI=1S/C14H18N4O2S/c1-9-15-12(5-14(19)16-9)13-7-20-4-3-18(13)6-11-8-21-10(2)17-11/h5,8,13H,3-4,6-7H2,1-2H3,(H,15,16,19). The molecule has 1 fully saturated rings. The molecule has 1 aliphatic rings. The fourth-order valence-electron chi connectivity index (χ4n) is 2.56. The lowest BCUT2D eigenvalue weighted by molar-refractivity contribution is -0.0148. The van der Waals surface area contributed by atoms with Crippen molar-refractivity contribution >= 4 is 11.3 Å². The maximum Gasteiger partial charge on any atom is 0.251 e. The molecule has 21 heavy (non-hydrogen) atoms. The van der Waals surface area contributed by atoms with Crippen molar-refractivity contribution < 1.29 is 4.74 Å². The van der Waals surface area contributed by atoms with Crippen molar-refractivity contribution in [3.05, 3.63) is 44.0 Å². The van der Waals surface area contributed by atoms with Crippen molar-refractivity contribution in [3.8, 4) is 0 Å². The Morgan fingerprint density at radius 2 is 2.33 bits per heavy atom. The second kappa shape index (κ2) is 6.05. The van der Waals surface area contributed by atoms with Crippen LogP contribution in [0.5, 0.6) is 0 Å². The summed E-state index contributed by atoms with van der Waals surface area (Å²) in [6.07, 6.45) is 0. The van der Waals surface area contributed by atoms with Crippen LogP contribution in [0.15, 0.2) is 16.2 Å². The number of rotatable bonds is 3. The Bertz CT molecular complexity index is 682. The minimum atomic E-state index is -0.118. The summed E-state index contributed by atoms with van der Waals surface area (Å²) >= 11 is 1.66. The molecule has 0 bridgehead atoms. The van der Waals surface area contributed by atoms with E-state index in [9.17, 15) is 4.79 Å². The summed E-state index contributed by atoms with van der Waals surface area (Å²) in [5.74, 6) is 0.632. The highest BCUT2D eigenvalue weighted by molar-refractivity contribution is 7.09.